The molecule has 0 saturated heterocycles. The maximum atomic E-state index is 12.6. The van der Waals surface area contributed by atoms with Crippen molar-refractivity contribution in [2.75, 3.05) is 10.6 Å². The van der Waals surface area contributed by atoms with E-state index in [0.29, 0.717) is 17.1 Å². The summed E-state index contributed by atoms with van der Waals surface area (Å²) in [5.41, 5.74) is 7.55. The molecule has 22 heavy (non-hydrogen) atoms. The van der Waals surface area contributed by atoms with Crippen LogP contribution in [-0.4, -0.2) is 17.9 Å². The van der Waals surface area contributed by atoms with Crippen molar-refractivity contribution in [1.29, 1.82) is 0 Å². The normalized spacial score (nSPS) is 13.5. The highest BCUT2D eigenvalue weighted by atomic mass is 16.2. The van der Waals surface area contributed by atoms with E-state index in [2.05, 4.69) is 5.32 Å². The van der Waals surface area contributed by atoms with E-state index in [1.807, 2.05) is 18.2 Å². The number of rotatable bonds is 3. The second-order valence-corrected chi connectivity index (χ2v) is 5.32. The number of hydrogen-bond donors (Lipinski definition) is 2. The van der Waals surface area contributed by atoms with Gasteiger partial charge in [-0.1, -0.05) is 18.2 Å². The van der Waals surface area contributed by atoms with Gasteiger partial charge in [0.05, 0.1) is 0 Å². The van der Waals surface area contributed by atoms with Crippen molar-refractivity contribution in [2.24, 2.45) is 0 Å². The number of para-hydroxylation sites is 1. The number of nitrogens with zero attached hydrogens (tertiary/aromatic N) is 1. The summed E-state index contributed by atoms with van der Waals surface area (Å²) in [6.45, 7) is 0. The van der Waals surface area contributed by atoms with Gasteiger partial charge in [0.2, 0.25) is 0 Å². The van der Waals surface area contributed by atoms with Crippen molar-refractivity contribution in [3.8, 4) is 0 Å². The summed E-state index contributed by atoms with van der Waals surface area (Å²) in [5, 5.41) is 2.73. The smallest absolute Gasteiger partial charge is 0.320 e. The fraction of sp³-hybridized carbons (Fsp3) is 0.176. The predicted molar refractivity (Wildman–Crippen MR) is 85.6 cm³/mol. The van der Waals surface area contributed by atoms with E-state index in [1.54, 1.807) is 36.4 Å². The van der Waals surface area contributed by atoms with Crippen molar-refractivity contribution < 1.29 is 9.59 Å². The van der Waals surface area contributed by atoms with Crippen molar-refractivity contribution >= 4 is 28.9 Å². The van der Waals surface area contributed by atoms with Crippen molar-refractivity contribution in [3.05, 3.63) is 54.6 Å². The fourth-order valence-electron chi connectivity index (χ4n) is 2.16. The van der Waals surface area contributed by atoms with Gasteiger partial charge in [-0.05, 0) is 49.2 Å². The molecule has 0 spiro atoms. The van der Waals surface area contributed by atoms with Crippen molar-refractivity contribution in [1.82, 2.24) is 5.32 Å². The molecule has 0 unspecified atom stereocenters. The van der Waals surface area contributed by atoms with Gasteiger partial charge in [-0.2, -0.15) is 0 Å². The van der Waals surface area contributed by atoms with Crippen LogP contribution in [0, 0.1) is 0 Å². The van der Waals surface area contributed by atoms with Gasteiger partial charge in [0.25, 0.3) is 0 Å². The van der Waals surface area contributed by atoms with Gasteiger partial charge in [-0.25, -0.2) is 0 Å². The molecule has 0 heterocycles. The maximum absolute atomic E-state index is 12.6. The third-order valence-corrected chi connectivity index (χ3v) is 3.48. The fourth-order valence-corrected chi connectivity index (χ4v) is 2.16. The summed E-state index contributed by atoms with van der Waals surface area (Å²) in [7, 11) is 0. The number of hydrogen-bond acceptors (Lipinski definition) is 3. The largest absolute Gasteiger partial charge is 0.399 e. The molecule has 2 aromatic rings. The lowest BCUT2D eigenvalue weighted by atomic mass is 10.2. The van der Waals surface area contributed by atoms with E-state index in [1.165, 1.54) is 4.90 Å². The van der Waals surface area contributed by atoms with E-state index >= 15 is 0 Å². The second kappa shape index (κ2) is 5.89. The Bertz CT molecular complexity index is 679. The molecular formula is C17H17N3O2. The second-order valence-electron chi connectivity index (χ2n) is 5.32. The Hall–Kier alpha value is -2.82. The molecule has 0 atom stereocenters. The minimum absolute atomic E-state index is 0.139. The maximum Gasteiger partial charge on any atom is 0.320 e. The standard InChI is InChI=1S/C17H17N3O2/c18-12-6-10-15(11-7-12)20(14-4-2-1-3-5-14)17(22)16(21)19-13-8-9-13/h1-7,10-11,13H,8-9,18H2,(H,19,21). The molecule has 1 aliphatic rings. The molecule has 0 aromatic heterocycles. The molecule has 2 amide bonds. The molecule has 0 bridgehead atoms. The molecule has 1 aliphatic carbocycles. The third kappa shape index (κ3) is 3.09. The van der Waals surface area contributed by atoms with Crippen LogP contribution >= 0.6 is 0 Å². The third-order valence-electron chi connectivity index (χ3n) is 3.48. The lowest BCUT2D eigenvalue weighted by Gasteiger charge is -2.22. The van der Waals surface area contributed by atoms with Crippen LogP contribution in [0.1, 0.15) is 12.8 Å². The Morgan fingerprint density at radius 1 is 0.955 bits per heavy atom. The van der Waals surface area contributed by atoms with Crippen LogP contribution < -0.4 is 16.0 Å². The van der Waals surface area contributed by atoms with Crippen molar-refractivity contribution in [3.63, 3.8) is 0 Å². The number of anilines is 3. The summed E-state index contributed by atoms with van der Waals surface area (Å²) < 4.78 is 0. The van der Waals surface area contributed by atoms with Crippen LogP contribution in [0.15, 0.2) is 54.6 Å². The minimum atomic E-state index is -0.595. The Kier molecular flexibility index (Phi) is 3.78. The highest BCUT2D eigenvalue weighted by Gasteiger charge is 2.30. The number of benzene rings is 2. The average Bonchev–Trinajstić information content (AvgIpc) is 3.34. The average molecular weight is 295 g/mol. The van der Waals surface area contributed by atoms with Crippen LogP contribution in [0.2, 0.25) is 0 Å². The van der Waals surface area contributed by atoms with E-state index in [9.17, 15) is 9.59 Å². The minimum Gasteiger partial charge on any atom is -0.399 e. The monoisotopic (exact) mass is 295 g/mol. The van der Waals surface area contributed by atoms with Crippen LogP contribution in [-0.2, 0) is 9.59 Å². The first-order valence-electron chi connectivity index (χ1n) is 7.20. The highest BCUT2D eigenvalue weighted by Crippen LogP contribution is 2.26. The first-order chi connectivity index (χ1) is 10.6. The zero-order chi connectivity index (χ0) is 15.5. The Morgan fingerprint density at radius 2 is 1.55 bits per heavy atom. The van der Waals surface area contributed by atoms with Crippen molar-refractivity contribution in [2.45, 2.75) is 18.9 Å². The molecule has 0 aliphatic heterocycles. The predicted octanol–water partition coefficient (Wildman–Crippen LogP) is 2.21. The first-order valence-corrected chi connectivity index (χ1v) is 7.20. The molecule has 1 fully saturated rings. The van der Waals surface area contributed by atoms with Crippen LogP contribution in [0.25, 0.3) is 0 Å². The topological polar surface area (TPSA) is 75.4 Å². The number of nitrogens with one attached hydrogen (secondary N) is 1. The Labute approximate surface area is 128 Å². The molecule has 5 heteroatoms. The number of carbonyl (C=O) groups is 2. The van der Waals surface area contributed by atoms with Gasteiger partial charge < -0.3 is 11.1 Å². The first kappa shape index (κ1) is 14.1. The highest BCUT2D eigenvalue weighted by molar-refractivity contribution is 6.42. The van der Waals surface area contributed by atoms with Gasteiger partial charge in [-0.3, -0.25) is 14.5 Å². The van der Waals surface area contributed by atoms with Gasteiger partial charge in [-0.15, -0.1) is 0 Å². The lowest BCUT2D eigenvalue weighted by molar-refractivity contribution is -0.137. The zero-order valence-electron chi connectivity index (χ0n) is 12.0. The lowest BCUT2D eigenvalue weighted by Crippen LogP contribution is -2.41. The summed E-state index contributed by atoms with van der Waals surface area (Å²) in [4.78, 5) is 26.1. The van der Waals surface area contributed by atoms with Crippen LogP contribution in [0.4, 0.5) is 17.1 Å². The van der Waals surface area contributed by atoms with Crippen LogP contribution in [0.5, 0.6) is 0 Å². The van der Waals surface area contributed by atoms with E-state index in [0.717, 1.165) is 12.8 Å². The number of nitrogen functional groups attached to an aromatic ring is 1. The summed E-state index contributed by atoms with van der Waals surface area (Å²) in [5.74, 6) is -1.17. The number of amides is 2. The molecule has 3 N–H and O–H groups in total. The van der Waals surface area contributed by atoms with Gasteiger partial charge in [0.15, 0.2) is 0 Å². The Balaban J connectivity index is 1.93. The quantitative estimate of drug-likeness (QED) is 0.673. The molecule has 1 saturated carbocycles. The van der Waals surface area contributed by atoms with Gasteiger partial charge in [0, 0.05) is 23.1 Å². The summed E-state index contributed by atoms with van der Waals surface area (Å²) >= 11 is 0. The molecule has 112 valence electrons. The van der Waals surface area contributed by atoms with Gasteiger partial charge >= 0.3 is 11.8 Å². The van der Waals surface area contributed by atoms with E-state index in [-0.39, 0.29) is 6.04 Å². The molecule has 2 aromatic carbocycles. The number of carbonyl (C=O) groups excluding carboxylic acids is 2. The van der Waals surface area contributed by atoms with Crippen LogP contribution in [0.3, 0.4) is 0 Å². The number of nitrogens with two attached hydrogens (primary N) is 1. The Morgan fingerprint density at radius 3 is 2.14 bits per heavy atom. The van der Waals surface area contributed by atoms with E-state index in [4.69, 9.17) is 5.73 Å². The molecule has 5 nitrogen and oxygen atoms in total. The molecule has 0 radical (unpaired) electrons. The SMILES string of the molecule is Nc1ccc(N(C(=O)C(=O)NC2CC2)c2ccccc2)cc1. The zero-order valence-corrected chi connectivity index (χ0v) is 12.0. The summed E-state index contributed by atoms with van der Waals surface area (Å²) in [6, 6.07) is 16.1. The summed E-state index contributed by atoms with van der Waals surface area (Å²) in [6.07, 6.45) is 1.87. The van der Waals surface area contributed by atoms with E-state index < -0.39 is 11.8 Å². The van der Waals surface area contributed by atoms with Gasteiger partial charge in [0.1, 0.15) is 0 Å². The molecular weight excluding hydrogens is 278 g/mol. The molecule has 3 rings (SSSR count).